The molecular formula is C103H94N20O8. The summed E-state index contributed by atoms with van der Waals surface area (Å²) in [6.45, 7) is 12.7. The lowest BCUT2D eigenvalue weighted by Gasteiger charge is -2.26. The Labute approximate surface area is 752 Å². The average Bonchev–Trinajstić information content (AvgIpc) is 1.69. The average molecular weight is 1740 g/mol. The SMILES string of the molecule is CC1=CC(c2ccc(Nc3ccc(-c4ccc5c(c4)CNC5=O)n4ccnc34)cc2)=CC1.CCN1CCCC1CNC(=O)c1ccc(Nc2ccc(-c3cc[nH]c(=O)c3)n3ccnc23)cc1.Cc1ccccc1CNC(=O)c1ccc(Nc2ccc(-c3cc[nH]c(=O)c3)n3ccnc23)cc1.O=C(c1ccc(Nc2ccc(-c3cc[nH]c(=O)c3)n3ccnc23)cc1)N1CCOCC1. The van der Waals surface area contributed by atoms with E-state index in [0.29, 0.717) is 68.7 Å². The molecule has 4 aliphatic rings. The number of anilines is 8. The second kappa shape index (κ2) is 38.7. The van der Waals surface area contributed by atoms with Crippen LogP contribution < -0.4 is 53.9 Å². The first kappa shape index (κ1) is 85.2. The van der Waals surface area contributed by atoms with E-state index in [0.717, 1.165) is 161 Å². The maximum absolute atomic E-state index is 12.6. The summed E-state index contributed by atoms with van der Waals surface area (Å²) in [4.78, 5) is 115. The summed E-state index contributed by atoms with van der Waals surface area (Å²) in [6, 6.07) is 71.2. The fraction of sp³-hybridized carbons (Fsp3) is 0.155. The van der Waals surface area contributed by atoms with Crippen molar-refractivity contribution in [1.29, 1.82) is 0 Å². The van der Waals surface area contributed by atoms with Gasteiger partial charge in [0.1, 0.15) is 0 Å². The zero-order valence-electron chi connectivity index (χ0n) is 72.2. The largest absolute Gasteiger partial charge is 0.378 e. The van der Waals surface area contributed by atoms with E-state index in [-0.39, 0.29) is 40.3 Å². The highest BCUT2D eigenvalue weighted by Gasteiger charge is 2.26. The summed E-state index contributed by atoms with van der Waals surface area (Å²) < 4.78 is 13.2. The second-order valence-electron chi connectivity index (χ2n) is 32.2. The number of likely N-dealkylation sites (N-methyl/N-ethyl adjacent to an activating group) is 1. The Hall–Kier alpha value is -16.6. The van der Waals surface area contributed by atoms with Crippen LogP contribution in [0.25, 0.3) is 73.2 Å². The van der Waals surface area contributed by atoms with E-state index < -0.39 is 0 Å². The Morgan fingerprint density at radius 1 is 0.458 bits per heavy atom. The fourth-order valence-corrected chi connectivity index (χ4v) is 16.8. The number of pyridine rings is 7. The summed E-state index contributed by atoms with van der Waals surface area (Å²) in [6.07, 6.45) is 27.3. The number of benzene rings is 6. The summed E-state index contributed by atoms with van der Waals surface area (Å²) in [5, 5.41) is 22.6. The summed E-state index contributed by atoms with van der Waals surface area (Å²) in [5.74, 6) is -0.145. The van der Waals surface area contributed by atoms with Crippen molar-refractivity contribution in [3.63, 3.8) is 0 Å². The van der Waals surface area contributed by atoms with Gasteiger partial charge in [0, 0.05) is 187 Å². The lowest BCUT2D eigenvalue weighted by atomic mass is 10.0. The number of fused-ring (bicyclic) bond motifs is 5. The quantitative estimate of drug-likeness (QED) is 0.0319. The van der Waals surface area contributed by atoms with Crippen LogP contribution in [0.5, 0.6) is 0 Å². The number of H-pyrrole nitrogens is 3. The monoisotopic (exact) mass is 1740 g/mol. The molecule has 10 N–H and O–H groups in total. The number of ether oxygens (including phenoxy) is 1. The third kappa shape index (κ3) is 19.4. The molecule has 6 aromatic carbocycles. The van der Waals surface area contributed by atoms with E-state index in [4.69, 9.17) is 4.74 Å². The molecule has 0 bridgehead atoms. The highest BCUT2D eigenvalue weighted by Crippen LogP contribution is 2.35. The van der Waals surface area contributed by atoms with Crippen LogP contribution in [0.3, 0.4) is 0 Å². The van der Waals surface area contributed by atoms with Gasteiger partial charge in [-0.25, -0.2) is 19.9 Å². The molecule has 28 nitrogen and oxygen atoms in total. The first-order valence-electron chi connectivity index (χ1n) is 43.5. The number of rotatable bonds is 21. The molecule has 11 aromatic heterocycles. The van der Waals surface area contributed by atoms with Crippen LogP contribution in [-0.4, -0.2) is 138 Å². The first-order chi connectivity index (χ1) is 64.0. The van der Waals surface area contributed by atoms with Crippen LogP contribution >= 0.6 is 0 Å². The number of nitrogens with one attached hydrogen (secondary N) is 10. The normalized spacial score (nSPS) is 13.9. The maximum atomic E-state index is 12.6. The summed E-state index contributed by atoms with van der Waals surface area (Å²) in [7, 11) is 0. The predicted octanol–water partition coefficient (Wildman–Crippen LogP) is 16.9. The highest BCUT2D eigenvalue weighted by atomic mass is 16.5. The number of aromatic amines is 3. The van der Waals surface area contributed by atoms with Gasteiger partial charge in [0.25, 0.3) is 23.6 Å². The third-order valence-electron chi connectivity index (χ3n) is 23.7. The molecule has 1 aliphatic carbocycles. The van der Waals surface area contributed by atoms with Gasteiger partial charge in [0.2, 0.25) is 16.7 Å². The minimum Gasteiger partial charge on any atom is -0.378 e. The number of carbonyl (C=O) groups is 4. The van der Waals surface area contributed by atoms with E-state index in [1.165, 1.54) is 23.1 Å². The van der Waals surface area contributed by atoms with Gasteiger partial charge in [0.05, 0.1) is 58.7 Å². The zero-order chi connectivity index (χ0) is 89.9. The standard InChI is InChI=1S/C27H23N5O2.C27H22N4O.C26H28N6O2.C23H21N5O3/c1-18-4-2-3-5-21(18)17-30-27(34)19-6-8-22(9-7-19)31-23-10-11-24(32-15-14-29-26(23)32)20-12-13-28-25(33)16-20;1-17-2-3-19(14-17)18-4-7-22(8-5-18)30-24-10-11-25(31-13-12-28-26(24)31)20-6-9-23-21(15-20)16-29-27(23)32;1-2-31-14-3-4-21(31)17-29-26(34)18-5-7-20(8-6-18)30-22-9-10-23(32-15-13-28-25(22)32)19-11-12-27-24(33)16-19;29-21-15-17(7-8-24-21)20-6-5-19(22-25-9-10-28(20)22)26-18-3-1-16(2-4-18)23(30)27-11-13-31-14-12-27/h2-16,31H,17H2,1H3,(H,28,33)(H,30,34);3-15,30H,2,16H2,1H3,(H,29,32);5-13,15-16,21,30H,2-4,14,17H2,1H3,(H,27,33)(H,29,34);1-10,15,26H,11-14H2,(H,24,29). The van der Waals surface area contributed by atoms with Gasteiger partial charge in [-0.15, -0.1) is 0 Å². The van der Waals surface area contributed by atoms with Gasteiger partial charge >= 0.3 is 0 Å². The van der Waals surface area contributed by atoms with Crippen LogP contribution in [0, 0.1) is 6.92 Å². The fourth-order valence-electron chi connectivity index (χ4n) is 16.8. The molecule has 1 unspecified atom stereocenters. The van der Waals surface area contributed by atoms with Gasteiger partial charge in [0.15, 0.2) is 22.6 Å². The van der Waals surface area contributed by atoms with Crippen molar-refractivity contribution in [3.05, 3.63) is 386 Å². The van der Waals surface area contributed by atoms with Gasteiger partial charge < -0.3 is 61.8 Å². The number of amides is 4. The van der Waals surface area contributed by atoms with E-state index in [1.807, 2.05) is 208 Å². The maximum Gasteiger partial charge on any atom is 0.254 e. The summed E-state index contributed by atoms with van der Waals surface area (Å²) >= 11 is 0. The molecular weight excluding hydrogens is 1650 g/mol. The molecule has 3 aliphatic heterocycles. The molecule has 1 atom stereocenters. The summed E-state index contributed by atoms with van der Waals surface area (Å²) in [5.41, 5.74) is 26.6. The highest BCUT2D eigenvalue weighted by molar-refractivity contribution is 6.00. The van der Waals surface area contributed by atoms with Crippen molar-refractivity contribution in [1.82, 2.24) is 78.2 Å². The molecule has 2 saturated heterocycles. The van der Waals surface area contributed by atoms with E-state index in [1.54, 1.807) is 67.5 Å². The molecule has 2 fully saturated rings. The number of aromatic nitrogens is 11. The Morgan fingerprint density at radius 3 is 1.32 bits per heavy atom. The lowest BCUT2D eigenvalue weighted by Crippen LogP contribution is -2.40. The molecule has 131 heavy (non-hydrogen) atoms. The Balaban J connectivity index is 0.000000117. The zero-order valence-corrected chi connectivity index (χ0v) is 72.2. The predicted molar refractivity (Wildman–Crippen MR) is 512 cm³/mol. The molecule has 0 radical (unpaired) electrons. The molecule has 17 aromatic rings. The van der Waals surface area contributed by atoms with Crippen molar-refractivity contribution in [2.24, 2.45) is 0 Å². The minimum absolute atomic E-state index is 0.000253. The Bertz CT molecular complexity index is 7360. The Kier molecular flexibility index (Phi) is 25.2. The van der Waals surface area contributed by atoms with Gasteiger partial charge in [-0.3, -0.25) is 56.1 Å². The van der Waals surface area contributed by atoms with Gasteiger partial charge in [-0.2, -0.15) is 0 Å². The number of hydrogen-bond donors (Lipinski definition) is 10. The molecule has 14 heterocycles. The topological polar surface area (TPSA) is 336 Å². The third-order valence-corrected chi connectivity index (χ3v) is 23.7. The molecule has 28 heteroatoms. The van der Waals surface area contributed by atoms with Crippen molar-refractivity contribution >= 4 is 97.3 Å². The van der Waals surface area contributed by atoms with E-state index in [2.05, 4.69) is 150 Å². The number of nitrogens with zero attached hydrogens (tertiary/aromatic N) is 10. The number of aryl methyl sites for hydroxylation is 1. The van der Waals surface area contributed by atoms with Crippen molar-refractivity contribution in [2.45, 2.75) is 59.2 Å². The smallest absolute Gasteiger partial charge is 0.254 e. The molecule has 654 valence electrons. The lowest BCUT2D eigenvalue weighted by molar-refractivity contribution is 0.0303. The van der Waals surface area contributed by atoms with Crippen LogP contribution in [-0.2, 0) is 17.8 Å². The number of imidazole rings is 4. The molecule has 4 amide bonds. The molecule has 21 rings (SSSR count). The van der Waals surface area contributed by atoms with Crippen molar-refractivity contribution in [3.8, 4) is 45.0 Å². The van der Waals surface area contributed by atoms with Crippen LogP contribution in [0.15, 0.2) is 325 Å². The van der Waals surface area contributed by atoms with Crippen molar-refractivity contribution < 1.29 is 23.9 Å². The van der Waals surface area contributed by atoms with Crippen LogP contribution in [0.2, 0.25) is 0 Å². The van der Waals surface area contributed by atoms with Crippen LogP contribution in [0.1, 0.15) is 96.8 Å². The molecule has 0 saturated carbocycles. The minimum atomic E-state index is -0.156. The van der Waals surface area contributed by atoms with Gasteiger partial charge in [-0.05, 0) is 243 Å². The number of allylic oxidation sites excluding steroid dienone is 4. The number of carbonyl (C=O) groups excluding carboxylic acids is 4. The number of likely N-dealkylation sites (tertiary alicyclic amines) is 1. The number of hydrogen-bond acceptors (Lipinski definition) is 17. The number of morpholine rings is 1. The van der Waals surface area contributed by atoms with E-state index in [9.17, 15) is 33.6 Å². The Morgan fingerprint density at radius 2 is 0.885 bits per heavy atom. The second-order valence-corrected chi connectivity index (χ2v) is 32.2. The first-order valence-corrected chi connectivity index (χ1v) is 43.5. The van der Waals surface area contributed by atoms with Gasteiger partial charge in [-0.1, -0.05) is 67.1 Å². The van der Waals surface area contributed by atoms with E-state index >= 15 is 0 Å². The van der Waals surface area contributed by atoms with Crippen molar-refractivity contribution in [2.75, 3.05) is 67.2 Å². The van der Waals surface area contributed by atoms with Crippen LogP contribution in [0.4, 0.5) is 45.5 Å². The molecule has 0 spiro atoms.